The van der Waals surface area contributed by atoms with Crippen LogP contribution in [0.15, 0.2) is 91.0 Å². The Balaban J connectivity index is 1.67. The Labute approximate surface area is 164 Å². The van der Waals surface area contributed by atoms with E-state index in [2.05, 4.69) is 16.0 Å². The number of hydrogen-bond acceptors (Lipinski definition) is 2. The lowest BCUT2D eigenvalue weighted by Gasteiger charge is -2.22. The average Bonchev–Trinajstić information content (AvgIpc) is 2.73. The van der Waals surface area contributed by atoms with E-state index in [1.54, 1.807) is 19.1 Å². The molecule has 0 fully saturated rings. The van der Waals surface area contributed by atoms with E-state index in [4.69, 9.17) is 0 Å². The van der Waals surface area contributed by atoms with Crippen molar-refractivity contribution in [2.75, 3.05) is 5.32 Å². The largest absolute Gasteiger partial charge is 0.343 e. The third kappa shape index (κ3) is 5.20. The molecule has 0 saturated heterocycles. The molecule has 3 aromatic carbocycles. The van der Waals surface area contributed by atoms with Gasteiger partial charge in [-0.1, -0.05) is 78.9 Å². The number of carbonyl (C=O) groups excluding carboxylic acids is 2. The fourth-order valence-corrected chi connectivity index (χ4v) is 2.87. The number of hydrogen-bond donors (Lipinski definition) is 3. The van der Waals surface area contributed by atoms with Crippen molar-refractivity contribution in [3.63, 3.8) is 0 Å². The number of benzene rings is 3. The van der Waals surface area contributed by atoms with Gasteiger partial charge in [-0.25, -0.2) is 4.79 Å². The Kier molecular flexibility index (Phi) is 6.41. The van der Waals surface area contributed by atoms with Crippen molar-refractivity contribution in [3.8, 4) is 0 Å². The molecule has 0 spiro atoms. The zero-order valence-corrected chi connectivity index (χ0v) is 15.6. The van der Waals surface area contributed by atoms with E-state index in [1.165, 1.54) is 0 Å². The number of carbonyl (C=O) groups is 2. The van der Waals surface area contributed by atoms with E-state index in [-0.39, 0.29) is 11.9 Å². The highest BCUT2D eigenvalue weighted by Crippen LogP contribution is 2.21. The predicted molar refractivity (Wildman–Crippen MR) is 111 cm³/mol. The van der Waals surface area contributed by atoms with Gasteiger partial charge in [0, 0.05) is 5.69 Å². The van der Waals surface area contributed by atoms with E-state index >= 15 is 0 Å². The first-order valence-corrected chi connectivity index (χ1v) is 9.16. The second-order valence-corrected chi connectivity index (χ2v) is 6.45. The molecular weight excluding hydrogens is 350 g/mol. The fraction of sp³-hybridized carbons (Fsp3) is 0.130. The van der Waals surface area contributed by atoms with Crippen molar-refractivity contribution in [3.05, 3.63) is 102 Å². The van der Waals surface area contributed by atoms with Crippen LogP contribution in [0.5, 0.6) is 0 Å². The molecule has 0 aromatic heterocycles. The molecule has 3 N–H and O–H groups in total. The average molecular weight is 373 g/mol. The minimum absolute atomic E-state index is 0.263. The molecule has 3 aromatic rings. The maximum absolute atomic E-state index is 12.7. The molecule has 0 saturated carbocycles. The maximum atomic E-state index is 12.7. The summed E-state index contributed by atoms with van der Waals surface area (Å²) in [6.45, 7) is 1.66. The van der Waals surface area contributed by atoms with Crippen LogP contribution >= 0.6 is 0 Å². The molecule has 1 unspecified atom stereocenters. The van der Waals surface area contributed by atoms with Gasteiger partial charge in [-0.3, -0.25) is 4.79 Å². The molecule has 0 radical (unpaired) electrons. The molecule has 0 aliphatic heterocycles. The first-order chi connectivity index (χ1) is 13.6. The Morgan fingerprint density at radius 2 is 1.14 bits per heavy atom. The summed E-state index contributed by atoms with van der Waals surface area (Å²) < 4.78 is 0. The summed E-state index contributed by atoms with van der Waals surface area (Å²) in [6, 6.07) is 27.2. The molecule has 3 amide bonds. The normalized spacial score (nSPS) is 11.5. The summed E-state index contributed by atoms with van der Waals surface area (Å²) in [5, 5.41) is 8.43. The number of para-hydroxylation sites is 1. The van der Waals surface area contributed by atoms with Gasteiger partial charge < -0.3 is 16.0 Å². The van der Waals surface area contributed by atoms with E-state index in [0.29, 0.717) is 5.69 Å². The lowest BCUT2D eigenvalue weighted by atomic mass is 9.98. The van der Waals surface area contributed by atoms with Gasteiger partial charge in [0.1, 0.15) is 6.04 Å². The molecule has 1 atom stereocenters. The fourth-order valence-electron chi connectivity index (χ4n) is 2.87. The van der Waals surface area contributed by atoms with E-state index < -0.39 is 12.1 Å². The van der Waals surface area contributed by atoms with Gasteiger partial charge in [-0.2, -0.15) is 0 Å². The Bertz CT molecular complexity index is 859. The Hall–Kier alpha value is -3.60. The smallest absolute Gasteiger partial charge is 0.319 e. The van der Waals surface area contributed by atoms with Crippen LogP contribution in [0.3, 0.4) is 0 Å². The highest BCUT2D eigenvalue weighted by atomic mass is 16.2. The number of rotatable bonds is 6. The maximum Gasteiger partial charge on any atom is 0.319 e. The summed E-state index contributed by atoms with van der Waals surface area (Å²) in [4.78, 5) is 24.9. The summed E-state index contributed by atoms with van der Waals surface area (Å²) in [6.07, 6.45) is 0. The van der Waals surface area contributed by atoms with Crippen molar-refractivity contribution >= 4 is 17.6 Å². The lowest BCUT2D eigenvalue weighted by molar-refractivity contribution is -0.123. The van der Waals surface area contributed by atoms with Crippen LogP contribution in [0, 0.1) is 0 Å². The van der Waals surface area contributed by atoms with Crippen LogP contribution in [0.1, 0.15) is 24.1 Å². The molecule has 5 nitrogen and oxygen atoms in total. The van der Waals surface area contributed by atoms with E-state index in [9.17, 15) is 9.59 Å². The van der Waals surface area contributed by atoms with Crippen LogP contribution < -0.4 is 16.0 Å². The standard InChI is InChI=1S/C23H23N3O2/c1-17(24-23(28)25-20-15-9-4-10-16-20)22(27)26-21(18-11-5-2-6-12-18)19-13-7-3-8-14-19/h2-17,21H,1H3,(H,26,27)(H2,24,25,28). The van der Waals surface area contributed by atoms with Gasteiger partial charge in [0.15, 0.2) is 0 Å². The van der Waals surface area contributed by atoms with Crippen molar-refractivity contribution in [1.29, 1.82) is 0 Å². The number of amides is 3. The second kappa shape index (κ2) is 9.37. The summed E-state index contributed by atoms with van der Waals surface area (Å²) in [5.41, 5.74) is 2.62. The van der Waals surface area contributed by atoms with Gasteiger partial charge in [-0.05, 0) is 30.2 Å². The van der Waals surface area contributed by atoms with Crippen LogP contribution in [0.4, 0.5) is 10.5 Å². The third-order valence-electron chi connectivity index (χ3n) is 4.32. The van der Waals surface area contributed by atoms with Crippen LogP contribution in [-0.4, -0.2) is 18.0 Å². The van der Waals surface area contributed by atoms with Gasteiger partial charge >= 0.3 is 6.03 Å². The molecule has 5 heteroatoms. The second-order valence-electron chi connectivity index (χ2n) is 6.45. The number of urea groups is 1. The van der Waals surface area contributed by atoms with Crippen LogP contribution in [0.25, 0.3) is 0 Å². The first kappa shape index (κ1) is 19.2. The third-order valence-corrected chi connectivity index (χ3v) is 4.32. The van der Waals surface area contributed by atoms with Crippen molar-refractivity contribution in [2.45, 2.75) is 19.0 Å². The molecule has 0 bridgehead atoms. The minimum atomic E-state index is -0.696. The monoisotopic (exact) mass is 373 g/mol. The Morgan fingerprint density at radius 3 is 1.64 bits per heavy atom. The summed E-state index contributed by atoms with van der Waals surface area (Å²) in [5.74, 6) is -0.263. The molecule has 3 rings (SSSR count). The number of nitrogens with one attached hydrogen (secondary N) is 3. The van der Waals surface area contributed by atoms with Gasteiger partial charge in [0.25, 0.3) is 0 Å². The van der Waals surface area contributed by atoms with Crippen LogP contribution in [0.2, 0.25) is 0 Å². The predicted octanol–water partition coefficient (Wildman–Crippen LogP) is 4.10. The molecule has 28 heavy (non-hydrogen) atoms. The first-order valence-electron chi connectivity index (χ1n) is 9.16. The van der Waals surface area contributed by atoms with E-state index in [0.717, 1.165) is 11.1 Å². The zero-order valence-electron chi connectivity index (χ0n) is 15.6. The van der Waals surface area contributed by atoms with Crippen LogP contribution in [-0.2, 0) is 4.79 Å². The highest BCUT2D eigenvalue weighted by molar-refractivity contribution is 5.93. The summed E-state index contributed by atoms with van der Waals surface area (Å²) in [7, 11) is 0. The Morgan fingerprint density at radius 1 is 0.679 bits per heavy atom. The highest BCUT2D eigenvalue weighted by Gasteiger charge is 2.21. The summed E-state index contributed by atoms with van der Waals surface area (Å²) >= 11 is 0. The van der Waals surface area contributed by atoms with Gasteiger partial charge in [-0.15, -0.1) is 0 Å². The molecular formula is C23H23N3O2. The number of anilines is 1. The minimum Gasteiger partial charge on any atom is -0.343 e. The van der Waals surface area contributed by atoms with E-state index in [1.807, 2.05) is 78.9 Å². The quantitative estimate of drug-likeness (QED) is 0.609. The van der Waals surface area contributed by atoms with Crippen molar-refractivity contribution in [2.24, 2.45) is 0 Å². The molecule has 0 heterocycles. The van der Waals surface area contributed by atoms with Crippen molar-refractivity contribution < 1.29 is 9.59 Å². The molecule has 142 valence electrons. The molecule has 0 aliphatic carbocycles. The lowest BCUT2D eigenvalue weighted by Crippen LogP contribution is -2.47. The van der Waals surface area contributed by atoms with Gasteiger partial charge in [0.05, 0.1) is 6.04 Å². The zero-order chi connectivity index (χ0) is 19.8. The van der Waals surface area contributed by atoms with Crippen molar-refractivity contribution in [1.82, 2.24) is 10.6 Å². The molecule has 0 aliphatic rings. The van der Waals surface area contributed by atoms with Gasteiger partial charge in [0.2, 0.25) is 5.91 Å². The topological polar surface area (TPSA) is 70.2 Å². The SMILES string of the molecule is CC(NC(=O)Nc1ccccc1)C(=O)NC(c1ccccc1)c1ccccc1.